The summed E-state index contributed by atoms with van der Waals surface area (Å²) in [6.07, 6.45) is 0. The molecule has 0 fully saturated rings. The highest BCUT2D eigenvalue weighted by Gasteiger charge is 2.22. The second kappa shape index (κ2) is 7.18. The average Bonchev–Trinajstić information content (AvgIpc) is 2.91. The summed E-state index contributed by atoms with van der Waals surface area (Å²) in [4.78, 5) is 12.0. The van der Waals surface area contributed by atoms with Gasteiger partial charge in [-0.25, -0.2) is 0 Å². The van der Waals surface area contributed by atoms with Crippen molar-refractivity contribution in [3.05, 3.63) is 41.4 Å². The lowest BCUT2D eigenvalue weighted by molar-refractivity contribution is -0.120. The lowest BCUT2D eigenvalue weighted by atomic mass is 9.95. The molecule has 0 saturated carbocycles. The van der Waals surface area contributed by atoms with Gasteiger partial charge >= 0.3 is 0 Å². The zero-order chi connectivity index (χ0) is 13.0. The normalized spacial score (nSPS) is 13.2. The van der Waals surface area contributed by atoms with Gasteiger partial charge in [-0.3, -0.25) is 4.79 Å². The summed E-state index contributed by atoms with van der Waals surface area (Å²) in [5, 5.41) is 10.6. The molecule has 5 nitrogen and oxygen atoms in total. The van der Waals surface area contributed by atoms with Gasteiger partial charge in [0.25, 0.3) is 0 Å². The molecule has 1 amide bonds. The van der Waals surface area contributed by atoms with Crippen molar-refractivity contribution in [3.63, 3.8) is 0 Å². The van der Waals surface area contributed by atoms with Gasteiger partial charge in [-0.15, -0.1) is 22.6 Å². The van der Waals surface area contributed by atoms with Crippen molar-refractivity contribution in [1.29, 1.82) is 0 Å². The molecule has 7 heteroatoms. The standard InChI is InChI=1S/C12H14N4OS.ClH/c1-8(10(13)9-5-3-2-4-6-9)11(17)15-12-16-14-7-18-12;/h2-8,10H,13H2,1H3,(H,15,16,17);1H. The molecule has 1 aromatic heterocycles. The highest BCUT2D eigenvalue weighted by Crippen LogP contribution is 2.20. The van der Waals surface area contributed by atoms with Crippen molar-refractivity contribution in [3.8, 4) is 0 Å². The lowest BCUT2D eigenvalue weighted by Crippen LogP contribution is -2.30. The van der Waals surface area contributed by atoms with E-state index < -0.39 is 0 Å². The molecular formula is C12H15ClN4OS. The SMILES string of the molecule is CC(C(=O)Nc1nncs1)C(N)c1ccccc1.Cl. The first-order valence-electron chi connectivity index (χ1n) is 5.56. The predicted octanol–water partition coefficient (Wildman–Crippen LogP) is 2.23. The van der Waals surface area contributed by atoms with Gasteiger partial charge in [0.15, 0.2) is 0 Å². The lowest BCUT2D eigenvalue weighted by Gasteiger charge is -2.18. The number of nitrogens with one attached hydrogen (secondary N) is 1. The molecule has 0 spiro atoms. The van der Waals surface area contributed by atoms with Crippen molar-refractivity contribution in [1.82, 2.24) is 10.2 Å². The number of hydrogen-bond acceptors (Lipinski definition) is 5. The van der Waals surface area contributed by atoms with Crippen LogP contribution in [0.2, 0.25) is 0 Å². The number of anilines is 1. The summed E-state index contributed by atoms with van der Waals surface area (Å²) in [7, 11) is 0. The summed E-state index contributed by atoms with van der Waals surface area (Å²) in [6.45, 7) is 1.80. The Morgan fingerprint density at radius 2 is 2.05 bits per heavy atom. The summed E-state index contributed by atoms with van der Waals surface area (Å²) in [5.41, 5.74) is 8.58. The second-order valence-corrected chi connectivity index (χ2v) is 4.79. The number of rotatable bonds is 4. The largest absolute Gasteiger partial charge is 0.323 e. The maximum atomic E-state index is 12.0. The van der Waals surface area contributed by atoms with E-state index in [1.807, 2.05) is 30.3 Å². The molecule has 19 heavy (non-hydrogen) atoms. The first kappa shape index (κ1) is 15.6. The minimum atomic E-state index is -0.337. The third kappa shape index (κ3) is 3.99. The van der Waals surface area contributed by atoms with Gasteiger partial charge in [0, 0.05) is 6.04 Å². The third-order valence-corrected chi connectivity index (χ3v) is 3.33. The second-order valence-electron chi connectivity index (χ2n) is 3.96. The van der Waals surface area contributed by atoms with Crippen LogP contribution in [-0.2, 0) is 4.79 Å². The summed E-state index contributed by atoms with van der Waals surface area (Å²) in [6, 6.07) is 9.23. The fraction of sp³-hybridized carbons (Fsp3) is 0.250. The molecule has 2 rings (SSSR count). The van der Waals surface area contributed by atoms with Crippen LogP contribution in [0, 0.1) is 5.92 Å². The average molecular weight is 299 g/mol. The Bertz CT molecular complexity index is 506. The molecule has 0 bridgehead atoms. The Kier molecular flexibility index (Phi) is 5.88. The zero-order valence-corrected chi connectivity index (χ0v) is 11.9. The molecule has 0 aliphatic carbocycles. The Hall–Kier alpha value is -1.50. The number of amides is 1. The van der Waals surface area contributed by atoms with E-state index in [1.165, 1.54) is 11.3 Å². The number of hydrogen-bond donors (Lipinski definition) is 2. The van der Waals surface area contributed by atoms with Crippen molar-refractivity contribution in [2.45, 2.75) is 13.0 Å². The third-order valence-electron chi connectivity index (χ3n) is 2.73. The highest BCUT2D eigenvalue weighted by molar-refractivity contribution is 7.13. The van der Waals surface area contributed by atoms with Crippen molar-refractivity contribution < 1.29 is 4.79 Å². The fourth-order valence-electron chi connectivity index (χ4n) is 1.57. The number of aromatic nitrogens is 2. The van der Waals surface area contributed by atoms with Crippen molar-refractivity contribution in [2.75, 3.05) is 5.32 Å². The van der Waals surface area contributed by atoms with Gasteiger partial charge in [0.05, 0.1) is 5.92 Å². The molecule has 3 N–H and O–H groups in total. The number of carbonyl (C=O) groups excluding carboxylic acids is 1. The van der Waals surface area contributed by atoms with E-state index in [2.05, 4.69) is 15.5 Å². The minimum absolute atomic E-state index is 0. The molecule has 102 valence electrons. The van der Waals surface area contributed by atoms with Gasteiger partial charge in [0.1, 0.15) is 5.51 Å². The van der Waals surface area contributed by atoms with Crippen LogP contribution < -0.4 is 11.1 Å². The van der Waals surface area contributed by atoms with Crippen LogP contribution >= 0.6 is 23.7 Å². The quantitative estimate of drug-likeness (QED) is 0.907. The van der Waals surface area contributed by atoms with E-state index in [9.17, 15) is 4.79 Å². The van der Waals surface area contributed by atoms with E-state index in [4.69, 9.17) is 5.73 Å². The van der Waals surface area contributed by atoms with Crippen LogP contribution in [0.3, 0.4) is 0 Å². The Labute approximate surface area is 121 Å². The van der Waals surface area contributed by atoms with Crippen LogP contribution in [0.25, 0.3) is 0 Å². The number of nitrogens with zero attached hydrogens (tertiary/aromatic N) is 2. The fourth-order valence-corrected chi connectivity index (χ4v) is 2.02. The van der Waals surface area contributed by atoms with Gasteiger partial charge in [-0.1, -0.05) is 48.6 Å². The monoisotopic (exact) mass is 298 g/mol. The number of nitrogens with two attached hydrogens (primary N) is 1. The molecule has 2 atom stereocenters. The molecule has 1 heterocycles. The van der Waals surface area contributed by atoms with Gasteiger partial charge in [0.2, 0.25) is 11.0 Å². The molecule has 0 radical (unpaired) electrons. The first-order valence-corrected chi connectivity index (χ1v) is 6.44. The van der Waals surface area contributed by atoms with E-state index in [-0.39, 0.29) is 30.3 Å². The topological polar surface area (TPSA) is 80.9 Å². The smallest absolute Gasteiger partial charge is 0.230 e. The highest BCUT2D eigenvalue weighted by atomic mass is 35.5. The maximum absolute atomic E-state index is 12.0. The molecule has 2 aromatic rings. The van der Waals surface area contributed by atoms with Crippen LogP contribution in [0.4, 0.5) is 5.13 Å². The maximum Gasteiger partial charge on any atom is 0.230 e. The van der Waals surface area contributed by atoms with E-state index in [1.54, 1.807) is 12.4 Å². The van der Waals surface area contributed by atoms with E-state index in [0.29, 0.717) is 5.13 Å². The van der Waals surface area contributed by atoms with Gasteiger partial charge in [-0.05, 0) is 5.56 Å². The zero-order valence-electron chi connectivity index (χ0n) is 10.3. The van der Waals surface area contributed by atoms with E-state index >= 15 is 0 Å². The molecule has 1 aromatic carbocycles. The number of benzene rings is 1. The van der Waals surface area contributed by atoms with Gasteiger partial charge in [-0.2, -0.15) is 0 Å². The summed E-state index contributed by atoms with van der Waals surface area (Å²) >= 11 is 1.28. The van der Waals surface area contributed by atoms with Crippen LogP contribution in [-0.4, -0.2) is 16.1 Å². The predicted molar refractivity (Wildman–Crippen MR) is 78.3 cm³/mol. The minimum Gasteiger partial charge on any atom is -0.323 e. The molecule has 0 aliphatic heterocycles. The molecule has 0 saturated heterocycles. The Balaban J connectivity index is 0.00000180. The van der Waals surface area contributed by atoms with E-state index in [0.717, 1.165) is 5.56 Å². The number of halogens is 1. The van der Waals surface area contributed by atoms with Gasteiger partial charge < -0.3 is 11.1 Å². The summed E-state index contributed by atoms with van der Waals surface area (Å²) < 4.78 is 0. The molecule has 0 aliphatic rings. The first-order chi connectivity index (χ1) is 8.68. The van der Waals surface area contributed by atoms with Crippen molar-refractivity contribution in [2.24, 2.45) is 11.7 Å². The van der Waals surface area contributed by atoms with Crippen molar-refractivity contribution >= 4 is 34.8 Å². The Morgan fingerprint density at radius 1 is 1.37 bits per heavy atom. The molecule has 2 unspecified atom stereocenters. The summed E-state index contributed by atoms with van der Waals surface area (Å²) in [5.74, 6) is -0.487. The van der Waals surface area contributed by atoms with Crippen LogP contribution in [0.5, 0.6) is 0 Å². The molecular weight excluding hydrogens is 284 g/mol. The van der Waals surface area contributed by atoms with Crippen LogP contribution in [0.15, 0.2) is 35.8 Å². The Morgan fingerprint density at radius 3 is 2.63 bits per heavy atom. The number of carbonyl (C=O) groups is 1. The van der Waals surface area contributed by atoms with Crippen LogP contribution in [0.1, 0.15) is 18.5 Å².